The molecule has 0 aliphatic carbocycles. The van der Waals surface area contributed by atoms with Crippen molar-refractivity contribution in [1.82, 2.24) is 10.3 Å². The van der Waals surface area contributed by atoms with Crippen LogP contribution in [0.25, 0.3) is 0 Å². The quantitative estimate of drug-likeness (QED) is 0.699. The highest BCUT2D eigenvalue weighted by atomic mass is 32.2. The molecule has 0 bridgehead atoms. The van der Waals surface area contributed by atoms with E-state index in [2.05, 4.69) is 15.6 Å². The number of benzene rings is 1. The normalized spacial score (nSPS) is 11.0. The summed E-state index contributed by atoms with van der Waals surface area (Å²) >= 11 is 0. The third-order valence-electron chi connectivity index (χ3n) is 3.46. The molecule has 0 aliphatic heterocycles. The van der Waals surface area contributed by atoms with Crippen LogP contribution in [0.1, 0.15) is 13.8 Å². The minimum atomic E-state index is -3.67. The molecule has 2 aromatic rings. The van der Waals surface area contributed by atoms with Gasteiger partial charge in [0.1, 0.15) is 10.7 Å². The second-order valence-electron chi connectivity index (χ2n) is 5.29. The van der Waals surface area contributed by atoms with Crippen LogP contribution in [0.15, 0.2) is 53.6 Å². The lowest BCUT2D eigenvalue weighted by Crippen LogP contribution is -2.30. The Hall–Kier alpha value is -2.61. The molecule has 1 heterocycles. The van der Waals surface area contributed by atoms with Crippen LogP contribution >= 0.6 is 0 Å². The van der Waals surface area contributed by atoms with Crippen LogP contribution < -0.4 is 14.9 Å². The summed E-state index contributed by atoms with van der Waals surface area (Å²) in [6.07, 6.45) is 1.33. The van der Waals surface area contributed by atoms with E-state index < -0.39 is 10.0 Å². The van der Waals surface area contributed by atoms with Crippen molar-refractivity contribution >= 4 is 27.4 Å². The molecule has 0 spiro atoms. The Balaban J connectivity index is 2.10. The molecule has 0 atom stereocenters. The first kappa shape index (κ1) is 18.7. The Morgan fingerprint density at radius 2 is 1.84 bits per heavy atom. The third kappa shape index (κ3) is 4.93. The number of pyridine rings is 1. The van der Waals surface area contributed by atoms with E-state index in [0.717, 1.165) is 0 Å². The van der Waals surface area contributed by atoms with Gasteiger partial charge in [-0.15, -0.1) is 0 Å². The van der Waals surface area contributed by atoms with Gasteiger partial charge in [-0.3, -0.25) is 9.10 Å². The van der Waals surface area contributed by atoms with Gasteiger partial charge in [0.2, 0.25) is 5.91 Å². The van der Waals surface area contributed by atoms with Gasteiger partial charge in [-0.2, -0.15) is 0 Å². The van der Waals surface area contributed by atoms with Crippen LogP contribution in [0.2, 0.25) is 0 Å². The number of rotatable bonds is 8. The SMILES string of the molecule is CCN(c1ccccc1)S(=O)(=O)c1ccc(NCCNC(C)=O)nc1. The number of sulfonamides is 1. The third-order valence-corrected chi connectivity index (χ3v) is 5.35. The van der Waals surface area contributed by atoms with Crippen molar-refractivity contribution in [2.45, 2.75) is 18.7 Å². The highest BCUT2D eigenvalue weighted by molar-refractivity contribution is 7.92. The average Bonchev–Trinajstić information content (AvgIpc) is 2.60. The van der Waals surface area contributed by atoms with Crippen LogP contribution in [0.4, 0.5) is 11.5 Å². The van der Waals surface area contributed by atoms with Crippen LogP contribution in [-0.2, 0) is 14.8 Å². The Labute approximate surface area is 148 Å². The number of anilines is 2. The van der Waals surface area contributed by atoms with Gasteiger partial charge in [0.15, 0.2) is 0 Å². The smallest absolute Gasteiger partial charge is 0.265 e. The summed E-state index contributed by atoms with van der Waals surface area (Å²) in [7, 11) is -3.67. The van der Waals surface area contributed by atoms with Gasteiger partial charge < -0.3 is 10.6 Å². The van der Waals surface area contributed by atoms with E-state index in [1.54, 1.807) is 37.3 Å². The van der Waals surface area contributed by atoms with Crippen molar-refractivity contribution in [3.8, 4) is 0 Å². The molecule has 1 amide bonds. The Bertz CT molecular complexity index is 792. The largest absolute Gasteiger partial charge is 0.368 e. The maximum absolute atomic E-state index is 12.8. The van der Waals surface area contributed by atoms with Crippen molar-refractivity contribution in [2.24, 2.45) is 0 Å². The van der Waals surface area contributed by atoms with E-state index in [1.807, 2.05) is 6.07 Å². The second-order valence-corrected chi connectivity index (χ2v) is 7.16. The van der Waals surface area contributed by atoms with E-state index in [1.165, 1.54) is 23.5 Å². The van der Waals surface area contributed by atoms with Gasteiger partial charge in [0.05, 0.1) is 5.69 Å². The minimum Gasteiger partial charge on any atom is -0.368 e. The average molecular weight is 362 g/mol. The van der Waals surface area contributed by atoms with Crippen molar-refractivity contribution < 1.29 is 13.2 Å². The number of para-hydroxylation sites is 1. The zero-order valence-electron chi connectivity index (χ0n) is 14.3. The highest BCUT2D eigenvalue weighted by Crippen LogP contribution is 2.23. The van der Waals surface area contributed by atoms with Crippen LogP contribution in [0.5, 0.6) is 0 Å². The molecule has 25 heavy (non-hydrogen) atoms. The van der Waals surface area contributed by atoms with Gasteiger partial charge in [-0.05, 0) is 31.2 Å². The van der Waals surface area contributed by atoms with Crippen LogP contribution in [-0.4, -0.2) is 38.9 Å². The topological polar surface area (TPSA) is 91.4 Å². The molecule has 1 aromatic heterocycles. The molecular formula is C17H22N4O3S. The monoisotopic (exact) mass is 362 g/mol. The molecule has 0 aliphatic rings. The number of hydrogen-bond donors (Lipinski definition) is 2. The molecule has 0 saturated heterocycles. The molecule has 0 unspecified atom stereocenters. The number of nitrogens with one attached hydrogen (secondary N) is 2. The fourth-order valence-electron chi connectivity index (χ4n) is 2.28. The lowest BCUT2D eigenvalue weighted by atomic mass is 10.3. The number of aromatic nitrogens is 1. The molecule has 0 fully saturated rings. The maximum Gasteiger partial charge on any atom is 0.265 e. The second kappa shape index (κ2) is 8.48. The summed E-state index contributed by atoms with van der Waals surface area (Å²) in [6, 6.07) is 12.1. The van der Waals surface area contributed by atoms with E-state index in [-0.39, 0.29) is 10.8 Å². The Morgan fingerprint density at radius 1 is 1.12 bits per heavy atom. The van der Waals surface area contributed by atoms with Crippen molar-refractivity contribution in [3.63, 3.8) is 0 Å². The van der Waals surface area contributed by atoms with E-state index in [0.29, 0.717) is 31.1 Å². The molecule has 0 radical (unpaired) electrons. The molecule has 2 N–H and O–H groups in total. The van der Waals surface area contributed by atoms with Gasteiger partial charge in [0.25, 0.3) is 10.0 Å². The predicted octanol–water partition coefficient (Wildman–Crippen LogP) is 1.84. The highest BCUT2D eigenvalue weighted by Gasteiger charge is 2.23. The Morgan fingerprint density at radius 3 is 2.40 bits per heavy atom. The van der Waals surface area contributed by atoms with Gasteiger partial charge in [-0.1, -0.05) is 18.2 Å². The molecule has 7 nitrogen and oxygen atoms in total. The first-order valence-electron chi connectivity index (χ1n) is 7.97. The van der Waals surface area contributed by atoms with Gasteiger partial charge in [0, 0.05) is 32.8 Å². The lowest BCUT2D eigenvalue weighted by Gasteiger charge is -2.22. The predicted molar refractivity (Wildman–Crippen MR) is 98.1 cm³/mol. The minimum absolute atomic E-state index is 0.100. The summed E-state index contributed by atoms with van der Waals surface area (Å²) < 4.78 is 27.0. The van der Waals surface area contributed by atoms with Crippen molar-refractivity contribution in [1.29, 1.82) is 0 Å². The molecular weight excluding hydrogens is 340 g/mol. The Kier molecular flexibility index (Phi) is 6.35. The molecule has 0 saturated carbocycles. The standard InChI is InChI=1S/C17H22N4O3S/c1-3-21(15-7-5-4-6-8-15)25(23,24)16-9-10-17(20-13-16)19-12-11-18-14(2)22/h4-10,13H,3,11-12H2,1-2H3,(H,18,22)(H,19,20). The van der Waals surface area contributed by atoms with Crippen LogP contribution in [0.3, 0.4) is 0 Å². The number of carbonyl (C=O) groups is 1. The zero-order chi connectivity index (χ0) is 18.3. The van der Waals surface area contributed by atoms with Crippen molar-refractivity contribution in [3.05, 3.63) is 48.7 Å². The summed E-state index contributed by atoms with van der Waals surface area (Å²) in [6.45, 7) is 4.53. The fourth-order valence-corrected chi connectivity index (χ4v) is 3.70. The van der Waals surface area contributed by atoms with Crippen LogP contribution in [0, 0.1) is 0 Å². The van der Waals surface area contributed by atoms with E-state index in [4.69, 9.17) is 0 Å². The first-order chi connectivity index (χ1) is 11.9. The fraction of sp³-hybridized carbons (Fsp3) is 0.294. The lowest BCUT2D eigenvalue weighted by molar-refractivity contribution is -0.118. The van der Waals surface area contributed by atoms with E-state index in [9.17, 15) is 13.2 Å². The number of carbonyl (C=O) groups excluding carboxylic acids is 1. The number of hydrogen-bond acceptors (Lipinski definition) is 5. The first-order valence-corrected chi connectivity index (χ1v) is 9.41. The molecule has 2 rings (SSSR count). The summed E-state index contributed by atoms with van der Waals surface area (Å²) in [5, 5.41) is 5.68. The van der Waals surface area contributed by atoms with Crippen molar-refractivity contribution in [2.75, 3.05) is 29.3 Å². The maximum atomic E-state index is 12.8. The van der Waals surface area contributed by atoms with Gasteiger partial charge >= 0.3 is 0 Å². The summed E-state index contributed by atoms with van der Waals surface area (Å²) in [5.41, 5.74) is 0.613. The zero-order valence-corrected chi connectivity index (χ0v) is 15.1. The summed E-state index contributed by atoms with van der Waals surface area (Å²) in [4.78, 5) is 15.1. The summed E-state index contributed by atoms with van der Waals surface area (Å²) in [5.74, 6) is 0.448. The number of nitrogens with zero attached hydrogens (tertiary/aromatic N) is 2. The molecule has 8 heteroatoms. The molecule has 1 aromatic carbocycles. The molecule has 134 valence electrons. The van der Waals surface area contributed by atoms with Gasteiger partial charge in [-0.25, -0.2) is 13.4 Å². The number of amides is 1. The van der Waals surface area contributed by atoms with E-state index >= 15 is 0 Å².